The molecule has 1 N–H and O–H groups in total. The van der Waals surface area contributed by atoms with E-state index in [9.17, 15) is 32.7 Å². The summed E-state index contributed by atoms with van der Waals surface area (Å²) in [6, 6.07) is 2.57. The Morgan fingerprint density at radius 3 is 2.16 bits per heavy atom. The van der Waals surface area contributed by atoms with Crippen LogP contribution < -0.4 is 0 Å². The van der Waals surface area contributed by atoms with Gasteiger partial charge in [-0.2, -0.15) is 18.3 Å². The van der Waals surface area contributed by atoms with Crippen molar-refractivity contribution >= 4 is 40.7 Å². The summed E-state index contributed by atoms with van der Waals surface area (Å²) in [5.41, 5.74) is -1.67. The first-order valence-electron chi connectivity index (χ1n) is 15.0. The van der Waals surface area contributed by atoms with Gasteiger partial charge in [-0.05, 0) is 94.7 Å². The van der Waals surface area contributed by atoms with E-state index >= 15 is 0 Å². The van der Waals surface area contributed by atoms with Crippen molar-refractivity contribution in [3.05, 3.63) is 50.8 Å². The molecule has 2 saturated carbocycles. The van der Waals surface area contributed by atoms with Crippen molar-refractivity contribution < 1.29 is 32.7 Å². The smallest absolute Gasteiger partial charge is 0.433 e. The number of benzene rings is 1. The molecular weight excluding hydrogens is 604 g/mol. The standard InChI is InChI=1S/C32H39Cl2F3N2O4/c1-19-16-23(33)26(24(34)17-19)25(40)7-6-20(8-13-30(2)11-4-5-12-30)27(41)22-18-38-39(28(22)32(35,36)37)21-9-14-31(3,15-10-21)29(42)43/h16-18,20-21H,4-15H2,1-3H3,(H,42,43). The van der Waals surface area contributed by atoms with E-state index in [-0.39, 0.29) is 65.3 Å². The maximum atomic E-state index is 14.6. The maximum Gasteiger partial charge on any atom is 0.433 e. The molecule has 0 aliphatic heterocycles. The molecule has 1 aromatic carbocycles. The summed E-state index contributed by atoms with van der Waals surface area (Å²) in [7, 11) is 0. The summed E-state index contributed by atoms with van der Waals surface area (Å²) < 4.78 is 44.6. The number of alkyl halides is 3. The lowest BCUT2D eigenvalue weighted by Gasteiger charge is -2.34. The third kappa shape index (κ3) is 7.47. The third-order valence-corrected chi connectivity index (χ3v) is 10.3. The van der Waals surface area contributed by atoms with Crippen LogP contribution in [0.25, 0.3) is 0 Å². The number of carbonyl (C=O) groups is 3. The average molecular weight is 644 g/mol. The van der Waals surface area contributed by atoms with Gasteiger partial charge >= 0.3 is 12.1 Å². The van der Waals surface area contributed by atoms with Crippen molar-refractivity contribution in [3.63, 3.8) is 0 Å². The summed E-state index contributed by atoms with van der Waals surface area (Å²) in [6.07, 6.45) is 2.07. The summed E-state index contributed by atoms with van der Waals surface area (Å²) in [5.74, 6) is -2.85. The molecule has 43 heavy (non-hydrogen) atoms. The molecular formula is C32H39Cl2F3N2O4. The van der Waals surface area contributed by atoms with Gasteiger partial charge in [0.05, 0.1) is 38.8 Å². The number of rotatable bonds is 11. The van der Waals surface area contributed by atoms with Gasteiger partial charge in [-0.15, -0.1) is 0 Å². The van der Waals surface area contributed by atoms with Crippen LogP contribution in [0, 0.1) is 23.7 Å². The monoisotopic (exact) mass is 642 g/mol. The van der Waals surface area contributed by atoms with E-state index in [4.69, 9.17) is 23.2 Å². The summed E-state index contributed by atoms with van der Waals surface area (Å²) in [4.78, 5) is 38.8. The van der Waals surface area contributed by atoms with Crippen LogP contribution in [0.1, 0.15) is 129 Å². The quantitative estimate of drug-likeness (QED) is 0.247. The molecule has 4 rings (SSSR count). The number of carbonyl (C=O) groups excluding carboxylic acids is 2. The molecule has 11 heteroatoms. The normalized spacial score (nSPS) is 22.8. The van der Waals surface area contributed by atoms with E-state index in [1.165, 1.54) is 0 Å². The Balaban J connectivity index is 1.61. The molecule has 236 valence electrons. The molecule has 6 nitrogen and oxygen atoms in total. The molecule has 0 saturated heterocycles. The van der Waals surface area contributed by atoms with Gasteiger partial charge in [0.1, 0.15) is 0 Å². The highest BCUT2D eigenvalue weighted by molar-refractivity contribution is 6.40. The van der Waals surface area contributed by atoms with Crippen LogP contribution in [-0.4, -0.2) is 32.4 Å². The molecule has 2 aromatic rings. The van der Waals surface area contributed by atoms with Crippen LogP contribution in [0.2, 0.25) is 10.0 Å². The Kier molecular flexibility index (Phi) is 10.1. The summed E-state index contributed by atoms with van der Waals surface area (Å²) in [6.45, 7) is 5.54. The highest BCUT2D eigenvalue weighted by Crippen LogP contribution is 2.45. The maximum absolute atomic E-state index is 14.6. The Labute approximate surface area is 260 Å². The van der Waals surface area contributed by atoms with Crippen molar-refractivity contribution in [2.45, 2.75) is 110 Å². The highest BCUT2D eigenvalue weighted by atomic mass is 35.5. The van der Waals surface area contributed by atoms with Gasteiger partial charge in [0.15, 0.2) is 17.3 Å². The number of ketones is 2. The van der Waals surface area contributed by atoms with Gasteiger partial charge in [0.25, 0.3) is 0 Å². The van der Waals surface area contributed by atoms with Gasteiger partial charge in [-0.1, -0.05) is 43.0 Å². The number of halogens is 5. The zero-order valence-electron chi connectivity index (χ0n) is 24.8. The zero-order valence-corrected chi connectivity index (χ0v) is 26.3. The predicted octanol–water partition coefficient (Wildman–Crippen LogP) is 9.55. The topological polar surface area (TPSA) is 89.3 Å². The minimum Gasteiger partial charge on any atom is -0.481 e. The van der Waals surface area contributed by atoms with E-state index < -0.39 is 46.6 Å². The van der Waals surface area contributed by atoms with Crippen molar-refractivity contribution in [2.24, 2.45) is 16.7 Å². The molecule has 0 radical (unpaired) electrons. The molecule has 0 spiro atoms. The number of hydrogen-bond acceptors (Lipinski definition) is 4. The predicted molar refractivity (Wildman–Crippen MR) is 159 cm³/mol. The van der Waals surface area contributed by atoms with Crippen LogP contribution in [0.15, 0.2) is 18.3 Å². The third-order valence-electron chi connectivity index (χ3n) is 9.71. The Hall–Kier alpha value is -2.39. The largest absolute Gasteiger partial charge is 0.481 e. The van der Waals surface area contributed by atoms with E-state index in [0.717, 1.165) is 42.1 Å². The lowest BCUT2D eigenvalue weighted by molar-refractivity contribution is -0.152. The van der Waals surface area contributed by atoms with Crippen LogP contribution >= 0.6 is 23.2 Å². The highest BCUT2D eigenvalue weighted by Gasteiger charge is 2.45. The number of aromatic nitrogens is 2. The Morgan fingerprint density at radius 1 is 1.05 bits per heavy atom. The first-order valence-corrected chi connectivity index (χ1v) is 15.7. The summed E-state index contributed by atoms with van der Waals surface area (Å²) in [5, 5.41) is 14.0. The average Bonchev–Trinajstić information content (AvgIpc) is 3.55. The molecule has 2 fully saturated rings. The minimum absolute atomic E-state index is 0.00202. The second kappa shape index (κ2) is 12.9. The molecule has 1 atom stereocenters. The van der Waals surface area contributed by atoms with Crippen molar-refractivity contribution in [3.8, 4) is 0 Å². The molecule has 0 bridgehead atoms. The van der Waals surface area contributed by atoms with Gasteiger partial charge < -0.3 is 5.11 Å². The fourth-order valence-corrected chi connectivity index (χ4v) is 7.63. The van der Waals surface area contributed by atoms with Crippen molar-refractivity contribution in [2.75, 3.05) is 0 Å². The number of nitrogens with zero attached hydrogens (tertiary/aromatic N) is 2. The van der Waals surface area contributed by atoms with Gasteiger partial charge in [-0.3, -0.25) is 19.1 Å². The minimum atomic E-state index is -4.85. The second-order valence-corrected chi connectivity index (χ2v) is 13.9. The first kappa shape index (κ1) is 33.5. The number of carboxylic acid groups (broad SMARTS) is 1. The molecule has 2 aliphatic rings. The van der Waals surface area contributed by atoms with Crippen molar-refractivity contribution in [1.82, 2.24) is 9.78 Å². The fraction of sp³-hybridized carbons (Fsp3) is 0.625. The molecule has 1 heterocycles. The fourth-order valence-electron chi connectivity index (χ4n) is 6.82. The molecule has 0 amide bonds. The van der Waals surface area contributed by atoms with E-state index in [0.29, 0.717) is 12.8 Å². The first-order chi connectivity index (χ1) is 20.0. The van der Waals surface area contributed by atoms with Gasteiger partial charge in [0.2, 0.25) is 0 Å². The van der Waals surface area contributed by atoms with Crippen LogP contribution in [-0.2, 0) is 11.0 Å². The van der Waals surface area contributed by atoms with E-state index in [1.807, 2.05) is 0 Å². The van der Waals surface area contributed by atoms with Crippen LogP contribution in [0.4, 0.5) is 13.2 Å². The Morgan fingerprint density at radius 2 is 1.63 bits per heavy atom. The number of carboxylic acids is 1. The number of aliphatic carboxylic acids is 1. The molecule has 2 aliphatic carbocycles. The summed E-state index contributed by atoms with van der Waals surface area (Å²) >= 11 is 12.6. The van der Waals surface area contributed by atoms with E-state index in [1.54, 1.807) is 26.0 Å². The number of hydrogen-bond donors (Lipinski definition) is 1. The SMILES string of the molecule is Cc1cc(Cl)c(C(=O)CCC(CCC2(C)CCCC2)C(=O)c2cnn(C3CCC(C)(C(=O)O)CC3)c2C(F)(F)F)c(Cl)c1. The number of Topliss-reactive ketones (excluding diaryl/α,β-unsaturated/α-hetero) is 2. The molecule has 1 unspecified atom stereocenters. The van der Waals surface area contributed by atoms with Crippen LogP contribution in [0.5, 0.6) is 0 Å². The lowest BCUT2D eigenvalue weighted by atomic mass is 9.74. The lowest BCUT2D eigenvalue weighted by Crippen LogP contribution is -2.34. The Bertz CT molecular complexity index is 1350. The van der Waals surface area contributed by atoms with Crippen molar-refractivity contribution in [1.29, 1.82) is 0 Å². The molecule has 1 aromatic heterocycles. The second-order valence-electron chi connectivity index (χ2n) is 13.1. The van der Waals surface area contributed by atoms with E-state index in [2.05, 4.69) is 12.0 Å². The number of aryl methyl sites for hydroxylation is 1. The van der Waals surface area contributed by atoms with Gasteiger partial charge in [-0.25, -0.2) is 0 Å². The zero-order chi connectivity index (χ0) is 31.7. The van der Waals surface area contributed by atoms with Crippen LogP contribution in [0.3, 0.4) is 0 Å². The van der Waals surface area contributed by atoms with Gasteiger partial charge in [0, 0.05) is 12.3 Å².